The second-order valence-electron chi connectivity index (χ2n) is 8.01. The molecule has 2 aromatic rings. The van der Waals surface area contributed by atoms with Crippen molar-refractivity contribution in [1.29, 1.82) is 0 Å². The molecular weight excluding hydrogens is 366 g/mol. The molecule has 2 aliphatic rings. The Morgan fingerprint density at radius 2 is 1.52 bits per heavy atom. The highest BCUT2D eigenvalue weighted by Gasteiger charge is 2.37. The van der Waals surface area contributed by atoms with Gasteiger partial charge in [-0.25, -0.2) is 0 Å². The third kappa shape index (κ3) is 3.88. The van der Waals surface area contributed by atoms with E-state index in [0.717, 1.165) is 54.8 Å². The first-order valence-electron chi connectivity index (χ1n) is 10.3. The number of rotatable bonds is 7. The van der Waals surface area contributed by atoms with Crippen molar-refractivity contribution in [1.82, 2.24) is 4.90 Å². The van der Waals surface area contributed by atoms with Crippen LogP contribution in [0.25, 0.3) is 0 Å². The summed E-state index contributed by atoms with van der Waals surface area (Å²) in [5.74, 6) is 4.58. The number of hydrogen-bond acceptors (Lipinski definition) is 5. The molecule has 0 N–H and O–H groups in total. The lowest BCUT2D eigenvalue weighted by Gasteiger charge is -2.28. The van der Waals surface area contributed by atoms with E-state index in [1.807, 2.05) is 6.07 Å². The van der Waals surface area contributed by atoms with E-state index >= 15 is 0 Å². The van der Waals surface area contributed by atoms with Crippen LogP contribution in [-0.2, 0) is 12.8 Å². The first-order chi connectivity index (χ1) is 14.2. The number of nitrogens with zero attached hydrogens (tertiary/aromatic N) is 1. The van der Waals surface area contributed by atoms with Crippen LogP contribution in [0.1, 0.15) is 29.0 Å². The number of hydrogen-bond donors (Lipinski definition) is 0. The Labute approximate surface area is 173 Å². The maximum absolute atomic E-state index is 5.56. The Bertz CT molecular complexity index is 866. The van der Waals surface area contributed by atoms with Crippen molar-refractivity contribution < 1.29 is 18.9 Å². The molecule has 0 saturated carbocycles. The molecule has 0 bridgehead atoms. The molecule has 0 amide bonds. The van der Waals surface area contributed by atoms with Crippen molar-refractivity contribution in [3.8, 4) is 23.0 Å². The van der Waals surface area contributed by atoms with Crippen molar-refractivity contribution in [2.45, 2.75) is 25.2 Å². The van der Waals surface area contributed by atoms with Crippen molar-refractivity contribution in [2.75, 3.05) is 48.1 Å². The van der Waals surface area contributed by atoms with Gasteiger partial charge in [-0.05, 0) is 66.1 Å². The number of ether oxygens (including phenoxy) is 4. The van der Waals surface area contributed by atoms with Gasteiger partial charge in [0.1, 0.15) is 0 Å². The summed E-state index contributed by atoms with van der Waals surface area (Å²) >= 11 is 0. The second-order valence-corrected chi connectivity index (χ2v) is 8.01. The molecule has 2 aromatic carbocycles. The maximum Gasteiger partial charge on any atom is 0.161 e. The molecule has 1 heterocycles. The third-order valence-electron chi connectivity index (χ3n) is 6.51. The Hall–Kier alpha value is -2.40. The van der Waals surface area contributed by atoms with Gasteiger partial charge in [0.15, 0.2) is 23.0 Å². The molecule has 4 rings (SSSR count). The van der Waals surface area contributed by atoms with Crippen LogP contribution in [0, 0.1) is 5.92 Å². The van der Waals surface area contributed by atoms with Crippen LogP contribution in [0.15, 0.2) is 30.3 Å². The van der Waals surface area contributed by atoms with E-state index in [2.05, 4.69) is 29.2 Å². The summed E-state index contributed by atoms with van der Waals surface area (Å²) < 4.78 is 21.9. The van der Waals surface area contributed by atoms with Gasteiger partial charge < -0.3 is 23.8 Å². The summed E-state index contributed by atoms with van der Waals surface area (Å²) in [5, 5.41) is 0. The largest absolute Gasteiger partial charge is 0.493 e. The molecule has 0 radical (unpaired) electrons. The van der Waals surface area contributed by atoms with Crippen LogP contribution in [0.2, 0.25) is 0 Å². The summed E-state index contributed by atoms with van der Waals surface area (Å²) in [4.78, 5) is 2.61. The molecule has 1 aliphatic heterocycles. The standard InChI is InChI=1S/C24H31NO4/c1-26-21-8-5-16(11-22(21)27-2)9-10-25-14-18-7-6-17-12-23(28-3)24(29-4)13-19(17)20(18)15-25/h5,8,11-13,18,20H,6-7,9-10,14-15H2,1-4H3. The van der Waals surface area contributed by atoms with Crippen molar-refractivity contribution in [2.24, 2.45) is 5.92 Å². The van der Waals surface area contributed by atoms with Gasteiger partial charge in [0, 0.05) is 25.6 Å². The number of benzene rings is 2. The van der Waals surface area contributed by atoms with Gasteiger partial charge in [-0.15, -0.1) is 0 Å². The molecule has 1 aliphatic carbocycles. The minimum atomic E-state index is 0.587. The van der Waals surface area contributed by atoms with Crippen molar-refractivity contribution >= 4 is 0 Å². The average Bonchev–Trinajstić information content (AvgIpc) is 3.19. The maximum atomic E-state index is 5.56. The normalized spacial score (nSPS) is 20.7. The number of aryl methyl sites for hydroxylation is 1. The molecule has 2 unspecified atom stereocenters. The Morgan fingerprint density at radius 1 is 0.828 bits per heavy atom. The van der Waals surface area contributed by atoms with E-state index in [1.165, 1.54) is 29.7 Å². The minimum Gasteiger partial charge on any atom is -0.493 e. The zero-order chi connectivity index (χ0) is 20.4. The van der Waals surface area contributed by atoms with Crippen LogP contribution >= 0.6 is 0 Å². The molecule has 0 aromatic heterocycles. The second kappa shape index (κ2) is 8.54. The van der Waals surface area contributed by atoms with Crippen molar-refractivity contribution in [3.63, 3.8) is 0 Å². The fourth-order valence-corrected chi connectivity index (χ4v) is 4.95. The molecule has 0 spiro atoms. The predicted molar refractivity (Wildman–Crippen MR) is 114 cm³/mol. The van der Waals surface area contributed by atoms with E-state index in [-0.39, 0.29) is 0 Å². The van der Waals surface area contributed by atoms with Gasteiger partial charge in [-0.2, -0.15) is 0 Å². The number of fused-ring (bicyclic) bond motifs is 3. The van der Waals surface area contributed by atoms with Gasteiger partial charge in [-0.3, -0.25) is 0 Å². The molecule has 2 atom stereocenters. The molecule has 1 saturated heterocycles. The molecule has 5 heteroatoms. The van der Waals surface area contributed by atoms with Gasteiger partial charge in [-0.1, -0.05) is 6.07 Å². The van der Waals surface area contributed by atoms with Crippen LogP contribution in [0.3, 0.4) is 0 Å². The lowest BCUT2D eigenvalue weighted by molar-refractivity contribution is 0.324. The van der Waals surface area contributed by atoms with E-state index in [1.54, 1.807) is 28.4 Å². The predicted octanol–water partition coefficient (Wildman–Crippen LogP) is 3.93. The smallest absolute Gasteiger partial charge is 0.161 e. The number of likely N-dealkylation sites (tertiary alicyclic amines) is 1. The van der Waals surface area contributed by atoms with Crippen LogP contribution in [-0.4, -0.2) is 53.0 Å². The summed E-state index contributed by atoms with van der Waals surface area (Å²) in [6.07, 6.45) is 3.39. The highest BCUT2D eigenvalue weighted by atomic mass is 16.5. The lowest BCUT2D eigenvalue weighted by Crippen LogP contribution is -2.23. The monoisotopic (exact) mass is 397 g/mol. The van der Waals surface area contributed by atoms with E-state index < -0.39 is 0 Å². The highest BCUT2D eigenvalue weighted by Crippen LogP contribution is 2.45. The molecule has 156 valence electrons. The lowest BCUT2D eigenvalue weighted by atomic mass is 9.77. The minimum absolute atomic E-state index is 0.587. The van der Waals surface area contributed by atoms with E-state index in [9.17, 15) is 0 Å². The Morgan fingerprint density at radius 3 is 2.24 bits per heavy atom. The SMILES string of the molecule is COc1ccc(CCN2CC3CCc4cc(OC)c(OC)cc4C3C2)cc1OC. The zero-order valence-electron chi connectivity index (χ0n) is 17.9. The molecule has 29 heavy (non-hydrogen) atoms. The number of methoxy groups -OCH3 is 4. The molecular formula is C24H31NO4. The van der Waals surface area contributed by atoms with Gasteiger partial charge in [0.2, 0.25) is 0 Å². The quantitative estimate of drug-likeness (QED) is 0.708. The summed E-state index contributed by atoms with van der Waals surface area (Å²) in [5.41, 5.74) is 4.16. The molecule has 5 nitrogen and oxygen atoms in total. The average molecular weight is 398 g/mol. The Kier molecular flexibility index (Phi) is 5.86. The van der Waals surface area contributed by atoms with Crippen LogP contribution < -0.4 is 18.9 Å². The first-order valence-corrected chi connectivity index (χ1v) is 10.3. The van der Waals surface area contributed by atoms with E-state index in [0.29, 0.717) is 5.92 Å². The summed E-state index contributed by atoms with van der Waals surface area (Å²) in [6.45, 7) is 3.34. The Balaban J connectivity index is 1.45. The fourth-order valence-electron chi connectivity index (χ4n) is 4.95. The fraction of sp³-hybridized carbons (Fsp3) is 0.500. The third-order valence-corrected chi connectivity index (χ3v) is 6.51. The first kappa shape index (κ1) is 19.9. The van der Waals surface area contributed by atoms with Gasteiger partial charge >= 0.3 is 0 Å². The highest BCUT2D eigenvalue weighted by molar-refractivity contribution is 5.50. The molecule has 1 fully saturated rings. The van der Waals surface area contributed by atoms with Crippen LogP contribution in [0.5, 0.6) is 23.0 Å². The van der Waals surface area contributed by atoms with Gasteiger partial charge in [0.05, 0.1) is 28.4 Å². The van der Waals surface area contributed by atoms with E-state index in [4.69, 9.17) is 18.9 Å². The zero-order valence-corrected chi connectivity index (χ0v) is 17.9. The summed E-state index contributed by atoms with van der Waals surface area (Å²) in [7, 11) is 6.79. The van der Waals surface area contributed by atoms with Crippen LogP contribution in [0.4, 0.5) is 0 Å². The topological polar surface area (TPSA) is 40.2 Å². The summed E-state index contributed by atoms with van der Waals surface area (Å²) in [6, 6.07) is 10.6. The van der Waals surface area contributed by atoms with Crippen molar-refractivity contribution in [3.05, 3.63) is 47.0 Å². The van der Waals surface area contributed by atoms with Gasteiger partial charge in [0.25, 0.3) is 0 Å².